The molecule has 0 radical (unpaired) electrons. The molecule has 0 spiro atoms. The summed E-state index contributed by atoms with van der Waals surface area (Å²) in [5.41, 5.74) is 0. The lowest BCUT2D eigenvalue weighted by Crippen LogP contribution is -2.30. The molecule has 1 N–H and O–H groups in total. The molecule has 0 saturated carbocycles. The van der Waals surface area contributed by atoms with Gasteiger partial charge in [-0.3, -0.25) is 9.63 Å². The number of benzene rings is 1. The van der Waals surface area contributed by atoms with E-state index >= 15 is 0 Å². The molecule has 1 rings (SSSR count). The summed E-state index contributed by atoms with van der Waals surface area (Å²) >= 11 is 0. The number of rotatable bonds is 4. The molecule has 0 aromatic heterocycles. The SMILES string of the molecule is CON(C)C(=O)COc1ccccc1O. The smallest absolute Gasteiger partial charge is 0.283 e. The number of hydroxylamine groups is 2. The largest absolute Gasteiger partial charge is 0.504 e. The van der Waals surface area contributed by atoms with E-state index in [9.17, 15) is 9.90 Å². The van der Waals surface area contributed by atoms with E-state index in [-0.39, 0.29) is 24.0 Å². The summed E-state index contributed by atoms with van der Waals surface area (Å²) in [4.78, 5) is 15.9. The van der Waals surface area contributed by atoms with E-state index in [1.165, 1.54) is 20.2 Å². The minimum atomic E-state index is -0.333. The predicted octanol–water partition coefficient (Wildman–Crippen LogP) is 0.791. The summed E-state index contributed by atoms with van der Waals surface area (Å²) in [5, 5.41) is 10.4. The molecule has 0 aliphatic rings. The van der Waals surface area contributed by atoms with Crippen LogP contribution in [0.3, 0.4) is 0 Å². The number of aromatic hydroxyl groups is 1. The Bertz CT molecular complexity index is 340. The summed E-state index contributed by atoms with van der Waals surface area (Å²) in [7, 11) is 2.87. The Morgan fingerprint density at radius 2 is 2.13 bits per heavy atom. The van der Waals surface area contributed by atoms with Gasteiger partial charge < -0.3 is 9.84 Å². The van der Waals surface area contributed by atoms with Crippen LogP contribution in [0.1, 0.15) is 0 Å². The van der Waals surface area contributed by atoms with Crippen molar-refractivity contribution in [3.63, 3.8) is 0 Å². The fraction of sp³-hybridized carbons (Fsp3) is 0.300. The fourth-order valence-corrected chi connectivity index (χ4v) is 0.911. The summed E-state index contributed by atoms with van der Waals surface area (Å²) in [6.45, 7) is -0.179. The van der Waals surface area contributed by atoms with E-state index < -0.39 is 0 Å². The Kier molecular flexibility index (Phi) is 3.93. The predicted molar refractivity (Wildman–Crippen MR) is 53.4 cm³/mol. The van der Waals surface area contributed by atoms with Crippen LogP contribution in [-0.2, 0) is 9.63 Å². The molecule has 1 aromatic rings. The van der Waals surface area contributed by atoms with Crippen LogP contribution in [0.4, 0.5) is 0 Å². The molecule has 0 heterocycles. The summed E-state index contributed by atoms with van der Waals surface area (Å²) in [6.07, 6.45) is 0. The second-order valence-corrected chi connectivity index (χ2v) is 2.83. The second kappa shape index (κ2) is 5.21. The monoisotopic (exact) mass is 211 g/mol. The molecule has 1 aromatic carbocycles. The third kappa shape index (κ3) is 3.14. The molecule has 15 heavy (non-hydrogen) atoms. The lowest BCUT2D eigenvalue weighted by atomic mass is 10.3. The zero-order valence-electron chi connectivity index (χ0n) is 8.64. The van der Waals surface area contributed by atoms with Gasteiger partial charge in [-0.25, -0.2) is 5.06 Å². The molecule has 0 aliphatic carbocycles. The zero-order chi connectivity index (χ0) is 11.3. The van der Waals surface area contributed by atoms with E-state index in [0.717, 1.165) is 5.06 Å². The van der Waals surface area contributed by atoms with Gasteiger partial charge in [0, 0.05) is 7.05 Å². The van der Waals surface area contributed by atoms with Gasteiger partial charge in [-0.2, -0.15) is 0 Å². The lowest BCUT2D eigenvalue weighted by Gasteiger charge is -2.14. The summed E-state index contributed by atoms with van der Waals surface area (Å²) in [6, 6.07) is 6.44. The number of phenols is 1. The highest BCUT2D eigenvalue weighted by Gasteiger charge is 2.09. The molecule has 0 aliphatic heterocycles. The summed E-state index contributed by atoms with van der Waals surface area (Å²) in [5.74, 6) is -0.0542. The van der Waals surface area contributed by atoms with Crippen LogP contribution >= 0.6 is 0 Å². The first-order valence-corrected chi connectivity index (χ1v) is 4.36. The molecule has 0 atom stereocenters. The molecule has 5 heteroatoms. The maximum absolute atomic E-state index is 11.3. The van der Waals surface area contributed by atoms with E-state index in [4.69, 9.17) is 4.74 Å². The third-order valence-electron chi connectivity index (χ3n) is 1.84. The van der Waals surface area contributed by atoms with E-state index in [2.05, 4.69) is 4.84 Å². The van der Waals surface area contributed by atoms with Gasteiger partial charge in [0.15, 0.2) is 18.1 Å². The van der Waals surface area contributed by atoms with Gasteiger partial charge in [0.2, 0.25) is 0 Å². The Balaban J connectivity index is 2.51. The minimum absolute atomic E-state index is 0.00497. The molecular weight excluding hydrogens is 198 g/mol. The first kappa shape index (κ1) is 11.3. The molecular formula is C10H13NO4. The maximum Gasteiger partial charge on any atom is 0.283 e. The topological polar surface area (TPSA) is 59.0 Å². The van der Waals surface area contributed by atoms with Gasteiger partial charge in [-0.1, -0.05) is 12.1 Å². The van der Waals surface area contributed by atoms with Crippen molar-refractivity contribution >= 4 is 5.91 Å². The number of carbonyl (C=O) groups excluding carboxylic acids is 1. The van der Waals surface area contributed by atoms with Crippen LogP contribution in [0, 0.1) is 0 Å². The third-order valence-corrected chi connectivity index (χ3v) is 1.84. The number of amides is 1. The molecule has 0 fully saturated rings. The first-order valence-electron chi connectivity index (χ1n) is 4.36. The Morgan fingerprint density at radius 1 is 1.47 bits per heavy atom. The molecule has 0 saturated heterocycles. The highest BCUT2D eigenvalue weighted by Crippen LogP contribution is 2.24. The number of phenolic OH excluding ortho intramolecular Hbond substituents is 1. The van der Waals surface area contributed by atoms with E-state index in [1.54, 1.807) is 18.2 Å². The van der Waals surface area contributed by atoms with Crippen LogP contribution in [-0.4, -0.2) is 36.8 Å². The Hall–Kier alpha value is -1.75. The number of nitrogens with zero attached hydrogens (tertiary/aromatic N) is 1. The normalized spacial score (nSPS) is 9.73. The van der Waals surface area contributed by atoms with Gasteiger partial charge in [-0.15, -0.1) is 0 Å². The van der Waals surface area contributed by atoms with Crippen molar-refractivity contribution in [3.8, 4) is 11.5 Å². The quantitative estimate of drug-likeness (QED) is 0.748. The summed E-state index contributed by atoms with van der Waals surface area (Å²) < 4.78 is 5.10. The van der Waals surface area contributed by atoms with Crippen molar-refractivity contribution in [3.05, 3.63) is 24.3 Å². The van der Waals surface area contributed by atoms with Crippen molar-refractivity contribution in [2.75, 3.05) is 20.8 Å². The van der Waals surface area contributed by atoms with Gasteiger partial charge in [0.05, 0.1) is 7.11 Å². The van der Waals surface area contributed by atoms with Crippen molar-refractivity contribution in [1.29, 1.82) is 0 Å². The van der Waals surface area contributed by atoms with Crippen LogP contribution < -0.4 is 4.74 Å². The van der Waals surface area contributed by atoms with Gasteiger partial charge in [0.1, 0.15) is 0 Å². The second-order valence-electron chi connectivity index (χ2n) is 2.83. The number of hydrogen-bond donors (Lipinski definition) is 1. The van der Waals surface area contributed by atoms with Crippen molar-refractivity contribution in [1.82, 2.24) is 5.06 Å². The molecule has 1 amide bonds. The molecule has 5 nitrogen and oxygen atoms in total. The standard InChI is InChI=1S/C10H13NO4/c1-11(14-2)10(13)7-15-9-6-4-3-5-8(9)12/h3-6,12H,7H2,1-2H3. The Labute approximate surface area is 87.8 Å². The highest BCUT2D eigenvalue weighted by molar-refractivity contribution is 5.76. The average molecular weight is 211 g/mol. The fourth-order valence-electron chi connectivity index (χ4n) is 0.911. The minimum Gasteiger partial charge on any atom is -0.504 e. The van der Waals surface area contributed by atoms with Crippen LogP contribution in [0.5, 0.6) is 11.5 Å². The van der Waals surface area contributed by atoms with Gasteiger partial charge in [-0.05, 0) is 12.1 Å². The van der Waals surface area contributed by atoms with E-state index in [0.29, 0.717) is 0 Å². The number of likely N-dealkylation sites (N-methyl/N-ethyl adjacent to an activating group) is 1. The van der Waals surface area contributed by atoms with Gasteiger partial charge >= 0.3 is 0 Å². The number of para-hydroxylation sites is 2. The van der Waals surface area contributed by atoms with Crippen LogP contribution in [0.2, 0.25) is 0 Å². The van der Waals surface area contributed by atoms with Crippen molar-refractivity contribution < 1.29 is 19.5 Å². The lowest BCUT2D eigenvalue weighted by molar-refractivity contribution is -0.170. The molecule has 0 bridgehead atoms. The number of ether oxygens (including phenoxy) is 1. The van der Waals surface area contributed by atoms with Crippen molar-refractivity contribution in [2.45, 2.75) is 0 Å². The molecule has 82 valence electrons. The maximum atomic E-state index is 11.3. The van der Waals surface area contributed by atoms with E-state index in [1.807, 2.05) is 0 Å². The number of carbonyl (C=O) groups is 1. The zero-order valence-corrected chi connectivity index (χ0v) is 8.64. The highest BCUT2D eigenvalue weighted by atomic mass is 16.7. The molecule has 0 unspecified atom stereocenters. The van der Waals surface area contributed by atoms with Crippen molar-refractivity contribution in [2.24, 2.45) is 0 Å². The number of hydrogen-bond acceptors (Lipinski definition) is 4. The average Bonchev–Trinajstić information content (AvgIpc) is 2.26. The van der Waals surface area contributed by atoms with Crippen LogP contribution in [0.25, 0.3) is 0 Å². The van der Waals surface area contributed by atoms with Crippen LogP contribution in [0.15, 0.2) is 24.3 Å². The first-order chi connectivity index (χ1) is 7.15. The Morgan fingerprint density at radius 3 is 2.73 bits per heavy atom. The van der Waals surface area contributed by atoms with Gasteiger partial charge in [0.25, 0.3) is 5.91 Å².